The topological polar surface area (TPSA) is 78.4 Å². The number of carbonyl (C=O) groups is 2. The number of nitrogens with one attached hydrogen (secondary N) is 2. The lowest BCUT2D eigenvalue weighted by molar-refractivity contribution is -0.140. The first-order valence-electron chi connectivity index (χ1n) is 7.00. The molecule has 1 aliphatic rings. The Hall–Kier alpha value is -2.30. The number of aryl methyl sites for hydroxylation is 1. The second-order valence-corrected chi connectivity index (χ2v) is 5.42. The van der Waals surface area contributed by atoms with Gasteiger partial charge < -0.3 is 15.7 Å². The van der Waals surface area contributed by atoms with Gasteiger partial charge in [0.15, 0.2) is 0 Å². The van der Waals surface area contributed by atoms with Crippen molar-refractivity contribution in [1.29, 1.82) is 0 Å². The van der Waals surface area contributed by atoms with Gasteiger partial charge in [-0.05, 0) is 25.8 Å². The number of urea groups is 1. The molecule has 1 aromatic carbocycles. The lowest BCUT2D eigenvalue weighted by atomic mass is 10.1. The second-order valence-electron chi connectivity index (χ2n) is 5.42. The van der Waals surface area contributed by atoms with E-state index in [1.807, 2.05) is 38.1 Å². The Kier molecular flexibility index (Phi) is 4.62. The molecule has 5 heteroatoms. The number of benzene rings is 1. The maximum Gasteiger partial charge on any atom is 0.315 e. The number of hydrogen-bond acceptors (Lipinski definition) is 2. The summed E-state index contributed by atoms with van der Waals surface area (Å²) in [6.07, 6.45) is 3.76. The van der Waals surface area contributed by atoms with Crippen molar-refractivity contribution in [1.82, 2.24) is 10.6 Å². The van der Waals surface area contributed by atoms with E-state index in [0.29, 0.717) is 6.42 Å². The zero-order valence-corrected chi connectivity index (χ0v) is 12.2. The van der Waals surface area contributed by atoms with Crippen molar-refractivity contribution in [2.75, 3.05) is 0 Å². The molecule has 0 saturated carbocycles. The monoisotopic (exact) mass is 288 g/mol. The quantitative estimate of drug-likeness (QED) is 0.744. The predicted octanol–water partition coefficient (Wildman–Crippen LogP) is 2.38. The van der Waals surface area contributed by atoms with E-state index in [2.05, 4.69) is 10.6 Å². The SMILES string of the molecule is Cc1ccc(C(C)NC(=O)NC2C=CC(C(=O)O)C2)cc1. The van der Waals surface area contributed by atoms with Crippen molar-refractivity contribution in [2.45, 2.75) is 32.4 Å². The molecule has 3 N–H and O–H groups in total. The van der Waals surface area contributed by atoms with Crippen LogP contribution in [0, 0.1) is 12.8 Å². The molecule has 0 aliphatic heterocycles. The molecular formula is C16H20N2O3. The van der Waals surface area contributed by atoms with Crippen molar-refractivity contribution in [3.05, 3.63) is 47.5 Å². The Morgan fingerprint density at radius 2 is 1.90 bits per heavy atom. The van der Waals surface area contributed by atoms with E-state index in [1.54, 1.807) is 12.2 Å². The van der Waals surface area contributed by atoms with Crippen LogP contribution in [-0.2, 0) is 4.79 Å². The van der Waals surface area contributed by atoms with E-state index in [-0.39, 0.29) is 18.1 Å². The molecule has 21 heavy (non-hydrogen) atoms. The van der Waals surface area contributed by atoms with Crippen LogP contribution in [0.25, 0.3) is 0 Å². The Morgan fingerprint density at radius 1 is 1.24 bits per heavy atom. The van der Waals surface area contributed by atoms with Crippen LogP contribution in [0.3, 0.4) is 0 Å². The summed E-state index contributed by atoms with van der Waals surface area (Å²) in [6.45, 7) is 3.93. The van der Waals surface area contributed by atoms with Gasteiger partial charge in [-0.2, -0.15) is 0 Å². The van der Waals surface area contributed by atoms with Gasteiger partial charge in [-0.15, -0.1) is 0 Å². The number of hydrogen-bond donors (Lipinski definition) is 3. The largest absolute Gasteiger partial charge is 0.481 e. The van der Waals surface area contributed by atoms with Crippen LogP contribution >= 0.6 is 0 Å². The molecule has 0 bridgehead atoms. The Morgan fingerprint density at radius 3 is 2.48 bits per heavy atom. The normalized spacial score (nSPS) is 21.8. The molecular weight excluding hydrogens is 268 g/mol. The van der Waals surface area contributed by atoms with Crippen molar-refractivity contribution in [2.24, 2.45) is 5.92 Å². The number of carboxylic acids is 1. The fourth-order valence-electron chi connectivity index (χ4n) is 2.33. The van der Waals surface area contributed by atoms with Gasteiger partial charge in [0.2, 0.25) is 0 Å². The number of aliphatic carboxylic acids is 1. The lowest BCUT2D eigenvalue weighted by Crippen LogP contribution is -2.42. The Labute approximate surface area is 124 Å². The molecule has 5 nitrogen and oxygen atoms in total. The van der Waals surface area contributed by atoms with E-state index in [4.69, 9.17) is 5.11 Å². The van der Waals surface area contributed by atoms with Gasteiger partial charge in [0.05, 0.1) is 18.0 Å². The second kappa shape index (κ2) is 6.43. The van der Waals surface area contributed by atoms with Crippen LogP contribution in [0.4, 0.5) is 4.79 Å². The van der Waals surface area contributed by atoms with E-state index >= 15 is 0 Å². The zero-order valence-electron chi connectivity index (χ0n) is 12.2. The highest BCUT2D eigenvalue weighted by Crippen LogP contribution is 2.18. The minimum atomic E-state index is -0.857. The van der Waals surface area contributed by atoms with Crippen molar-refractivity contribution >= 4 is 12.0 Å². The third-order valence-electron chi connectivity index (χ3n) is 3.64. The molecule has 3 unspecified atom stereocenters. The molecule has 0 fully saturated rings. The standard InChI is InChI=1S/C16H20N2O3/c1-10-3-5-12(6-4-10)11(2)17-16(21)18-14-8-7-13(9-14)15(19)20/h3-8,11,13-14H,9H2,1-2H3,(H,19,20)(H2,17,18,21). The van der Waals surface area contributed by atoms with Gasteiger partial charge in [-0.3, -0.25) is 4.79 Å². The summed E-state index contributed by atoms with van der Waals surface area (Å²) in [5, 5.41) is 14.5. The van der Waals surface area contributed by atoms with Gasteiger partial charge in [0, 0.05) is 0 Å². The number of amides is 2. The summed E-state index contributed by atoms with van der Waals surface area (Å²) in [4.78, 5) is 22.8. The van der Waals surface area contributed by atoms with E-state index < -0.39 is 11.9 Å². The lowest BCUT2D eigenvalue weighted by Gasteiger charge is -2.18. The Balaban J connectivity index is 1.84. The highest BCUT2D eigenvalue weighted by atomic mass is 16.4. The van der Waals surface area contributed by atoms with Gasteiger partial charge in [-0.1, -0.05) is 42.0 Å². The number of rotatable bonds is 4. The first-order valence-corrected chi connectivity index (χ1v) is 7.00. The molecule has 112 valence electrons. The van der Waals surface area contributed by atoms with Crippen molar-refractivity contribution in [3.63, 3.8) is 0 Å². The molecule has 0 saturated heterocycles. The maximum atomic E-state index is 11.9. The first-order chi connectivity index (χ1) is 9.95. The molecule has 0 radical (unpaired) electrons. The highest BCUT2D eigenvalue weighted by molar-refractivity contribution is 5.76. The van der Waals surface area contributed by atoms with Crippen LogP contribution in [-0.4, -0.2) is 23.1 Å². The maximum absolute atomic E-state index is 11.9. The van der Waals surface area contributed by atoms with Gasteiger partial charge in [0.1, 0.15) is 0 Å². The van der Waals surface area contributed by atoms with Gasteiger partial charge in [-0.25, -0.2) is 4.79 Å². The predicted molar refractivity (Wildman–Crippen MR) is 79.9 cm³/mol. The van der Waals surface area contributed by atoms with Gasteiger partial charge >= 0.3 is 12.0 Å². The number of carbonyl (C=O) groups excluding carboxylic acids is 1. The summed E-state index contributed by atoms with van der Waals surface area (Å²) in [5.41, 5.74) is 2.20. The van der Waals surface area contributed by atoms with E-state index in [9.17, 15) is 9.59 Å². The average molecular weight is 288 g/mol. The van der Waals surface area contributed by atoms with E-state index in [1.165, 1.54) is 5.56 Å². The van der Waals surface area contributed by atoms with Crippen LogP contribution in [0.5, 0.6) is 0 Å². The zero-order chi connectivity index (χ0) is 15.4. The minimum Gasteiger partial charge on any atom is -0.481 e. The smallest absolute Gasteiger partial charge is 0.315 e. The fraction of sp³-hybridized carbons (Fsp3) is 0.375. The molecule has 0 spiro atoms. The van der Waals surface area contributed by atoms with Crippen LogP contribution in [0.1, 0.15) is 30.5 Å². The third-order valence-corrected chi connectivity index (χ3v) is 3.64. The fourth-order valence-corrected chi connectivity index (χ4v) is 2.33. The molecule has 0 heterocycles. The molecule has 2 rings (SSSR count). The van der Waals surface area contributed by atoms with Crippen molar-refractivity contribution < 1.29 is 14.7 Å². The Bertz CT molecular complexity index is 551. The molecule has 1 aromatic rings. The molecule has 1 aliphatic carbocycles. The van der Waals surface area contributed by atoms with Crippen LogP contribution in [0.2, 0.25) is 0 Å². The van der Waals surface area contributed by atoms with Crippen LogP contribution in [0.15, 0.2) is 36.4 Å². The molecule has 3 atom stereocenters. The molecule has 2 amide bonds. The minimum absolute atomic E-state index is 0.105. The summed E-state index contributed by atoms with van der Waals surface area (Å²) in [7, 11) is 0. The highest BCUT2D eigenvalue weighted by Gasteiger charge is 2.25. The summed E-state index contributed by atoms with van der Waals surface area (Å²) in [6, 6.07) is 7.35. The first kappa shape index (κ1) is 15.1. The summed E-state index contributed by atoms with van der Waals surface area (Å²) < 4.78 is 0. The average Bonchev–Trinajstić information content (AvgIpc) is 2.87. The van der Waals surface area contributed by atoms with Crippen LogP contribution < -0.4 is 10.6 Å². The third kappa shape index (κ3) is 4.08. The van der Waals surface area contributed by atoms with Crippen molar-refractivity contribution in [3.8, 4) is 0 Å². The number of carboxylic acid groups (broad SMARTS) is 1. The van der Waals surface area contributed by atoms with Gasteiger partial charge in [0.25, 0.3) is 0 Å². The van der Waals surface area contributed by atoms with E-state index in [0.717, 1.165) is 5.56 Å². The molecule has 0 aromatic heterocycles. The summed E-state index contributed by atoms with van der Waals surface area (Å²) >= 11 is 0. The summed E-state index contributed by atoms with van der Waals surface area (Å²) in [5.74, 6) is -1.37.